The average Bonchev–Trinajstić information content (AvgIpc) is 2.29. The average molecular weight is 309 g/mol. The van der Waals surface area contributed by atoms with E-state index in [1.807, 2.05) is 13.8 Å². The van der Waals surface area contributed by atoms with Crippen LogP contribution in [0.2, 0.25) is 5.02 Å². The highest BCUT2D eigenvalue weighted by atomic mass is 35.5. The van der Waals surface area contributed by atoms with Crippen molar-refractivity contribution in [1.29, 1.82) is 0 Å². The van der Waals surface area contributed by atoms with Gasteiger partial charge in [0.1, 0.15) is 5.82 Å². The Morgan fingerprint density at radius 1 is 1.37 bits per heavy atom. The Hall–Kier alpha value is -0.850. The second-order valence-corrected chi connectivity index (χ2v) is 6.76. The smallest absolute Gasteiger partial charge is 0.232 e. The summed E-state index contributed by atoms with van der Waals surface area (Å²) in [6, 6.07) is 4.12. The van der Waals surface area contributed by atoms with Crippen LogP contribution in [0, 0.1) is 5.82 Å². The summed E-state index contributed by atoms with van der Waals surface area (Å²) in [7, 11) is -3.46. The lowest BCUT2D eigenvalue weighted by Gasteiger charge is -2.10. The first-order chi connectivity index (χ1) is 8.80. The van der Waals surface area contributed by atoms with Gasteiger partial charge in [-0.3, -0.25) is 4.72 Å². The van der Waals surface area contributed by atoms with Gasteiger partial charge in [-0.2, -0.15) is 0 Å². The molecule has 0 fully saturated rings. The molecular weight excluding hydrogens is 291 g/mol. The fraction of sp³-hybridized carbons (Fsp3) is 0.500. The molecule has 19 heavy (non-hydrogen) atoms. The van der Waals surface area contributed by atoms with Crippen molar-refractivity contribution in [2.45, 2.75) is 26.3 Å². The molecule has 1 aromatic rings. The van der Waals surface area contributed by atoms with Crippen LogP contribution in [0.15, 0.2) is 18.2 Å². The van der Waals surface area contributed by atoms with E-state index in [-0.39, 0.29) is 16.5 Å². The molecule has 0 amide bonds. The maximum atomic E-state index is 13.2. The number of sulfonamides is 1. The summed E-state index contributed by atoms with van der Waals surface area (Å²) in [6.07, 6.45) is 0.490. The van der Waals surface area contributed by atoms with E-state index in [1.54, 1.807) is 0 Å². The van der Waals surface area contributed by atoms with Gasteiger partial charge in [-0.15, -0.1) is 0 Å². The van der Waals surface area contributed by atoms with Crippen LogP contribution < -0.4 is 10.0 Å². The second-order valence-electron chi connectivity index (χ2n) is 4.51. The predicted molar refractivity (Wildman–Crippen MR) is 76.6 cm³/mol. The number of hydrogen-bond acceptors (Lipinski definition) is 3. The molecule has 0 aliphatic heterocycles. The van der Waals surface area contributed by atoms with Crippen molar-refractivity contribution in [2.24, 2.45) is 0 Å². The first-order valence-electron chi connectivity index (χ1n) is 5.99. The quantitative estimate of drug-likeness (QED) is 0.761. The number of hydrogen-bond donors (Lipinski definition) is 2. The van der Waals surface area contributed by atoms with E-state index >= 15 is 0 Å². The third kappa shape index (κ3) is 6.22. The summed E-state index contributed by atoms with van der Waals surface area (Å²) < 4.78 is 39.0. The standard InChI is InChI=1S/C12H18ClFN2O2S/c1-9(2)15-6-3-7-19(17,18)16-10-4-5-11(13)12(14)8-10/h4-5,8-9,15-16H,3,6-7H2,1-2H3. The molecule has 0 spiro atoms. The fourth-order valence-electron chi connectivity index (χ4n) is 1.44. The van der Waals surface area contributed by atoms with E-state index in [9.17, 15) is 12.8 Å². The minimum absolute atomic E-state index is 0.0169. The first kappa shape index (κ1) is 16.2. The zero-order valence-electron chi connectivity index (χ0n) is 10.9. The Labute approximate surface area is 118 Å². The molecule has 0 aliphatic carbocycles. The molecule has 1 aromatic carbocycles. The van der Waals surface area contributed by atoms with Gasteiger partial charge in [0, 0.05) is 6.04 Å². The van der Waals surface area contributed by atoms with Crippen LogP contribution in [0.3, 0.4) is 0 Å². The lowest BCUT2D eigenvalue weighted by Crippen LogP contribution is -2.26. The van der Waals surface area contributed by atoms with Crippen molar-refractivity contribution in [3.05, 3.63) is 29.0 Å². The molecule has 0 aromatic heterocycles. The summed E-state index contributed by atoms with van der Waals surface area (Å²) in [4.78, 5) is 0. The summed E-state index contributed by atoms with van der Waals surface area (Å²) >= 11 is 5.52. The molecule has 0 saturated carbocycles. The van der Waals surface area contributed by atoms with E-state index in [4.69, 9.17) is 11.6 Å². The van der Waals surface area contributed by atoms with Crippen LogP contribution in [0.5, 0.6) is 0 Å². The normalized spacial score (nSPS) is 11.8. The van der Waals surface area contributed by atoms with Gasteiger partial charge < -0.3 is 5.32 Å². The molecule has 7 heteroatoms. The van der Waals surface area contributed by atoms with Crippen molar-refractivity contribution in [3.8, 4) is 0 Å². The van der Waals surface area contributed by atoms with Crippen LogP contribution >= 0.6 is 11.6 Å². The molecule has 0 bridgehead atoms. The van der Waals surface area contributed by atoms with Crippen molar-refractivity contribution in [1.82, 2.24) is 5.32 Å². The van der Waals surface area contributed by atoms with Crippen molar-refractivity contribution in [2.75, 3.05) is 17.0 Å². The van der Waals surface area contributed by atoms with Crippen molar-refractivity contribution >= 4 is 27.3 Å². The minimum atomic E-state index is -3.46. The highest BCUT2D eigenvalue weighted by Gasteiger charge is 2.11. The summed E-state index contributed by atoms with van der Waals surface area (Å²) in [5, 5.41) is 3.09. The molecule has 0 radical (unpaired) electrons. The molecule has 1 rings (SSSR count). The fourth-order valence-corrected chi connectivity index (χ4v) is 2.67. The number of anilines is 1. The molecule has 2 N–H and O–H groups in total. The largest absolute Gasteiger partial charge is 0.314 e. The van der Waals surface area contributed by atoms with Crippen LogP contribution in [0.25, 0.3) is 0 Å². The Kier molecular flexibility index (Phi) is 6.03. The number of halogens is 2. The number of rotatable bonds is 7. The second kappa shape index (κ2) is 7.07. The molecule has 4 nitrogen and oxygen atoms in total. The SMILES string of the molecule is CC(C)NCCCS(=O)(=O)Nc1ccc(Cl)c(F)c1. The Bertz CT molecular complexity index is 520. The monoisotopic (exact) mass is 308 g/mol. The molecular formula is C12H18ClFN2O2S. The molecule has 0 unspecified atom stereocenters. The van der Waals surface area contributed by atoms with Gasteiger partial charge in [0.25, 0.3) is 0 Å². The highest BCUT2D eigenvalue weighted by Crippen LogP contribution is 2.19. The van der Waals surface area contributed by atoms with E-state index in [0.29, 0.717) is 19.0 Å². The lowest BCUT2D eigenvalue weighted by molar-refractivity contribution is 0.571. The van der Waals surface area contributed by atoms with E-state index in [1.165, 1.54) is 12.1 Å². The topological polar surface area (TPSA) is 58.2 Å². The Morgan fingerprint density at radius 3 is 2.63 bits per heavy atom. The molecule has 0 saturated heterocycles. The maximum Gasteiger partial charge on any atom is 0.232 e. The Balaban J connectivity index is 2.52. The van der Waals surface area contributed by atoms with Crippen LogP contribution in [-0.2, 0) is 10.0 Å². The zero-order valence-corrected chi connectivity index (χ0v) is 12.5. The number of nitrogens with one attached hydrogen (secondary N) is 2. The third-order valence-corrected chi connectivity index (χ3v) is 4.01. The maximum absolute atomic E-state index is 13.2. The first-order valence-corrected chi connectivity index (χ1v) is 8.02. The molecule has 0 atom stereocenters. The van der Waals surface area contributed by atoms with Gasteiger partial charge in [0.2, 0.25) is 10.0 Å². The van der Waals surface area contributed by atoms with Crippen LogP contribution in [-0.4, -0.2) is 26.8 Å². The van der Waals surface area contributed by atoms with Crippen molar-refractivity contribution in [3.63, 3.8) is 0 Å². The summed E-state index contributed by atoms with van der Waals surface area (Å²) in [5.41, 5.74) is 0.179. The van der Waals surface area contributed by atoms with Crippen LogP contribution in [0.1, 0.15) is 20.3 Å². The van der Waals surface area contributed by atoms with E-state index in [0.717, 1.165) is 6.07 Å². The predicted octanol–water partition coefficient (Wildman–Crippen LogP) is 2.61. The van der Waals surface area contributed by atoms with Gasteiger partial charge in [0.05, 0.1) is 16.5 Å². The summed E-state index contributed by atoms with van der Waals surface area (Å²) in [6.45, 7) is 4.60. The minimum Gasteiger partial charge on any atom is -0.314 e. The molecule has 0 aliphatic rings. The highest BCUT2D eigenvalue weighted by molar-refractivity contribution is 7.92. The van der Waals surface area contributed by atoms with Gasteiger partial charge in [-0.1, -0.05) is 25.4 Å². The number of benzene rings is 1. The zero-order chi connectivity index (χ0) is 14.5. The molecule has 0 heterocycles. The van der Waals surface area contributed by atoms with Crippen molar-refractivity contribution < 1.29 is 12.8 Å². The van der Waals surface area contributed by atoms with Gasteiger partial charge >= 0.3 is 0 Å². The molecule has 108 valence electrons. The lowest BCUT2D eigenvalue weighted by atomic mass is 10.3. The van der Waals surface area contributed by atoms with E-state index < -0.39 is 15.8 Å². The van der Waals surface area contributed by atoms with Crippen LogP contribution in [0.4, 0.5) is 10.1 Å². The van der Waals surface area contributed by atoms with E-state index in [2.05, 4.69) is 10.0 Å². The third-order valence-electron chi connectivity index (χ3n) is 2.34. The van der Waals surface area contributed by atoms with Gasteiger partial charge in [-0.05, 0) is 31.2 Å². The summed E-state index contributed by atoms with van der Waals surface area (Å²) in [5.74, 6) is -0.667. The van der Waals surface area contributed by atoms with Gasteiger partial charge in [0.15, 0.2) is 0 Å². The Morgan fingerprint density at radius 2 is 2.05 bits per heavy atom. The van der Waals surface area contributed by atoms with Gasteiger partial charge in [-0.25, -0.2) is 12.8 Å².